The molecule has 0 unspecified atom stereocenters. The number of rotatable bonds is 5. The molecule has 40 heavy (non-hydrogen) atoms. The van der Waals surface area contributed by atoms with Crippen molar-refractivity contribution in [3.63, 3.8) is 0 Å². The highest BCUT2D eigenvalue weighted by Crippen LogP contribution is 2.31. The van der Waals surface area contributed by atoms with Gasteiger partial charge in [-0.05, 0) is 24.1 Å². The van der Waals surface area contributed by atoms with Crippen molar-refractivity contribution in [3.05, 3.63) is 127 Å². The van der Waals surface area contributed by atoms with Gasteiger partial charge in [0.2, 0.25) is 0 Å². The fraction of sp³-hybridized carbons (Fsp3) is 0.0571. The summed E-state index contributed by atoms with van der Waals surface area (Å²) in [6.45, 7) is 2.16. The quantitative estimate of drug-likeness (QED) is 0.216. The maximum atomic E-state index is 5.17. The summed E-state index contributed by atoms with van der Waals surface area (Å²) >= 11 is 0. The van der Waals surface area contributed by atoms with Crippen LogP contribution in [0, 0.1) is 0 Å². The van der Waals surface area contributed by atoms with Gasteiger partial charge >= 0.3 is 0 Å². The van der Waals surface area contributed by atoms with Crippen molar-refractivity contribution in [3.8, 4) is 45.6 Å². The molecular weight excluding hydrogens is 490 g/mol. The highest BCUT2D eigenvalue weighted by atomic mass is 15.0. The average Bonchev–Trinajstić information content (AvgIpc) is 3.05. The van der Waals surface area contributed by atoms with Gasteiger partial charge in [-0.1, -0.05) is 116 Å². The van der Waals surface area contributed by atoms with Gasteiger partial charge in [0.05, 0.1) is 16.7 Å². The van der Waals surface area contributed by atoms with Gasteiger partial charge in [-0.2, -0.15) is 0 Å². The summed E-state index contributed by atoms with van der Waals surface area (Å²) in [5, 5.41) is 2.14. The molecule has 0 radical (unpaired) electrons. The number of aryl methyl sites for hydroxylation is 1. The predicted octanol–water partition coefficient (Wildman–Crippen LogP) is 8.20. The van der Waals surface area contributed by atoms with Crippen LogP contribution in [0.4, 0.5) is 0 Å². The predicted molar refractivity (Wildman–Crippen MR) is 162 cm³/mol. The van der Waals surface area contributed by atoms with Gasteiger partial charge in [0, 0.05) is 27.5 Å². The Bertz CT molecular complexity index is 1910. The molecule has 7 rings (SSSR count). The highest BCUT2D eigenvalue weighted by molar-refractivity contribution is 6.05. The Morgan fingerprint density at radius 2 is 0.975 bits per heavy atom. The van der Waals surface area contributed by atoms with Gasteiger partial charge in [-0.3, -0.25) is 0 Å². The van der Waals surface area contributed by atoms with Gasteiger partial charge in [-0.25, -0.2) is 24.9 Å². The number of hydrogen-bond acceptors (Lipinski definition) is 5. The lowest BCUT2D eigenvalue weighted by atomic mass is 10.0. The van der Waals surface area contributed by atoms with Crippen molar-refractivity contribution >= 4 is 21.8 Å². The van der Waals surface area contributed by atoms with Crippen molar-refractivity contribution in [1.82, 2.24) is 24.9 Å². The lowest BCUT2D eigenvalue weighted by Crippen LogP contribution is -2.02. The molecule has 190 valence electrons. The Morgan fingerprint density at radius 3 is 1.57 bits per heavy atom. The Balaban J connectivity index is 1.48. The minimum Gasteiger partial charge on any atom is -0.245 e. The molecule has 0 spiro atoms. The maximum Gasteiger partial charge on any atom is 0.182 e. The molecule has 0 N–H and O–H groups in total. The molecule has 4 aromatic carbocycles. The standard InChI is InChI=1S/C35H25N5/c1-2-23-22-30(35-39-33(26-14-8-4-9-15-26)38-34(40-35)27-16-10-5-11-17-27)37-32-28(23)20-18-25-19-21-29(36-31(25)32)24-12-6-3-7-13-24/h3-22H,2H2,1H3. The molecule has 7 aromatic rings. The van der Waals surface area contributed by atoms with E-state index in [0.717, 1.165) is 50.6 Å². The summed E-state index contributed by atoms with van der Waals surface area (Å²) in [5.74, 6) is 1.78. The molecular formula is C35H25N5. The van der Waals surface area contributed by atoms with Crippen LogP contribution in [0.3, 0.4) is 0 Å². The Labute approximate surface area is 232 Å². The van der Waals surface area contributed by atoms with Crippen LogP contribution >= 0.6 is 0 Å². The highest BCUT2D eigenvalue weighted by Gasteiger charge is 2.16. The van der Waals surface area contributed by atoms with Gasteiger partial charge in [-0.15, -0.1) is 0 Å². The molecule has 3 aromatic heterocycles. The number of aromatic nitrogens is 5. The van der Waals surface area contributed by atoms with Gasteiger partial charge < -0.3 is 0 Å². The first kappa shape index (κ1) is 23.8. The van der Waals surface area contributed by atoms with Crippen LogP contribution in [0.5, 0.6) is 0 Å². The van der Waals surface area contributed by atoms with Gasteiger partial charge in [0.15, 0.2) is 17.5 Å². The van der Waals surface area contributed by atoms with E-state index in [1.807, 2.05) is 78.9 Å². The van der Waals surface area contributed by atoms with Crippen molar-refractivity contribution < 1.29 is 0 Å². The third-order valence-corrected chi connectivity index (χ3v) is 7.10. The summed E-state index contributed by atoms with van der Waals surface area (Å²) in [7, 11) is 0. The normalized spacial score (nSPS) is 11.2. The Morgan fingerprint density at radius 1 is 0.450 bits per heavy atom. The van der Waals surface area contributed by atoms with E-state index < -0.39 is 0 Å². The number of benzene rings is 4. The summed E-state index contributed by atoms with van der Waals surface area (Å²) in [6.07, 6.45) is 0.845. The molecule has 3 heterocycles. The average molecular weight is 516 g/mol. The topological polar surface area (TPSA) is 64.5 Å². The third kappa shape index (κ3) is 4.37. The van der Waals surface area contributed by atoms with E-state index in [4.69, 9.17) is 24.9 Å². The molecule has 0 aliphatic rings. The number of hydrogen-bond donors (Lipinski definition) is 0. The second-order valence-corrected chi connectivity index (χ2v) is 9.65. The van der Waals surface area contributed by atoms with Crippen molar-refractivity contribution in [1.29, 1.82) is 0 Å². The number of fused-ring (bicyclic) bond motifs is 3. The third-order valence-electron chi connectivity index (χ3n) is 7.10. The minimum absolute atomic E-state index is 0.542. The molecule has 0 amide bonds. The maximum absolute atomic E-state index is 5.17. The molecule has 0 fully saturated rings. The van der Waals surface area contributed by atoms with Crippen molar-refractivity contribution in [2.75, 3.05) is 0 Å². The van der Waals surface area contributed by atoms with E-state index in [2.05, 4.69) is 49.4 Å². The first-order chi connectivity index (χ1) is 19.8. The monoisotopic (exact) mass is 515 g/mol. The zero-order valence-corrected chi connectivity index (χ0v) is 22.0. The van der Waals surface area contributed by atoms with Crippen molar-refractivity contribution in [2.24, 2.45) is 0 Å². The molecule has 5 heteroatoms. The zero-order chi connectivity index (χ0) is 26.9. The molecule has 0 saturated carbocycles. The Kier molecular flexibility index (Phi) is 6.02. The SMILES string of the molecule is CCc1cc(-c2nc(-c3ccccc3)nc(-c3ccccc3)n2)nc2c1ccc1ccc(-c3ccccc3)nc12. The van der Waals surface area contributed by atoms with E-state index in [1.165, 1.54) is 5.56 Å². The van der Waals surface area contributed by atoms with E-state index in [1.54, 1.807) is 0 Å². The van der Waals surface area contributed by atoms with Crippen LogP contribution in [0.25, 0.3) is 67.4 Å². The fourth-order valence-electron chi connectivity index (χ4n) is 5.04. The lowest BCUT2D eigenvalue weighted by molar-refractivity contribution is 1.06. The summed E-state index contributed by atoms with van der Waals surface area (Å²) in [4.78, 5) is 25.0. The summed E-state index contributed by atoms with van der Waals surface area (Å²) < 4.78 is 0. The molecule has 5 nitrogen and oxygen atoms in total. The largest absolute Gasteiger partial charge is 0.245 e. The van der Waals surface area contributed by atoms with Crippen molar-refractivity contribution in [2.45, 2.75) is 13.3 Å². The van der Waals surface area contributed by atoms with Crippen LogP contribution in [0.2, 0.25) is 0 Å². The van der Waals surface area contributed by atoms with Crippen LogP contribution in [-0.4, -0.2) is 24.9 Å². The van der Waals surface area contributed by atoms with E-state index in [-0.39, 0.29) is 0 Å². The van der Waals surface area contributed by atoms with Gasteiger partial charge in [0.25, 0.3) is 0 Å². The zero-order valence-electron chi connectivity index (χ0n) is 22.0. The molecule has 0 bridgehead atoms. The van der Waals surface area contributed by atoms with Crippen LogP contribution in [0.1, 0.15) is 12.5 Å². The number of pyridine rings is 2. The smallest absolute Gasteiger partial charge is 0.182 e. The number of nitrogens with zero attached hydrogens (tertiary/aromatic N) is 5. The van der Waals surface area contributed by atoms with Crippen LogP contribution in [0.15, 0.2) is 121 Å². The molecule has 0 atom stereocenters. The second-order valence-electron chi connectivity index (χ2n) is 9.65. The van der Waals surface area contributed by atoms with Crippen LogP contribution in [-0.2, 0) is 6.42 Å². The van der Waals surface area contributed by atoms with Gasteiger partial charge in [0.1, 0.15) is 5.69 Å². The Hall–Kier alpha value is -5.29. The lowest BCUT2D eigenvalue weighted by Gasteiger charge is -2.12. The summed E-state index contributed by atoms with van der Waals surface area (Å²) in [6, 6.07) is 40.8. The summed E-state index contributed by atoms with van der Waals surface area (Å²) in [5.41, 5.74) is 7.47. The first-order valence-electron chi connectivity index (χ1n) is 13.4. The van der Waals surface area contributed by atoms with E-state index >= 15 is 0 Å². The second kappa shape index (κ2) is 10.1. The first-order valence-corrected chi connectivity index (χ1v) is 13.4. The molecule has 0 saturated heterocycles. The van der Waals surface area contributed by atoms with E-state index in [9.17, 15) is 0 Å². The van der Waals surface area contributed by atoms with Crippen LogP contribution < -0.4 is 0 Å². The fourth-order valence-corrected chi connectivity index (χ4v) is 5.04. The molecule has 0 aliphatic carbocycles. The van der Waals surface area contributed by atoms with E-state index in [0.29, 0.717) is 23.2 Å². The minimum atomic E-state index is 0.542. The molecule has 0 aliphatic heterocycles.